The fourth-order valence-electron chi connectivity index (χ4n) is 8.22. The second-order valence-corrected chi connectivity index (χ2v) is 21.5. The van der Waals surface area contributed by atoms with Gasteiger partial charge in [0.25, 0.3) is 0 Å². The lowest BCUT2D eigenvalue weighted by Gasteiger charge is -2.50. The zero-order valence-corrected chi connectivity index (χ0v) is 31.7. The number of hydrogen-bond acceptors (Lipinski definition) is 6. The first-order valence-corrected chi connectivity index (χ1v) is 20.2. The fourth-order valence-corrected chi connectivity index (χ4v) is 9.25. The molecule has 1 aromatic heterocycles. The van der Waals surface area contributed by atoms with Crippen LogP contribution in [0.1, 0.15) is 171 Å². The summed E-state index contributed by atoms with van der Waals surface area (Å²) in [6.45, 7) is 21.0. The maximum absolute atomic E-state index is 12.7. The van der Waals surface area contributed by atoms with Gasteiger partial charge in [0, 0.05) is 47.3 Å². The quantitative estimate of drug-likeness (QED) is 0.296. The molecule has 3 heterocycles. The molecule has 3 unspecified atom stereocenters. The molecule has 1 spiro atoms. The van der Waals surface area contributed by atoms with Crippen molar-refractivity contribution in [2.24, 2.45) is 5.41 Å². The number of pyridine rings is 1. The van der Waals surface area contributed by atoms with Gasteiger partial charge in [0.2, 0.25) is 0 Å². The van der Waals surface area contributed by atoms with Gasteiger partial charge in [0.15, 0.2) is 0 Å². The van der Waals surface area contributed by atoms with Crippen LogP contribution in [0, 0.1) is 5.41 Å². The minimum Gasteiger partial charge on any atom is -0.455 e. The van der Waals surface area contributed by atoms with Gasteiger partial charge in [-0.1, -0.05) is 92.5 Å². The molecule has 2 aromatic rings. The lowest BCUT2D eigenvalue weighted by molar-refractivity contribution is -0.156. The van der Waals surface area contributed by atoms with E-state index in [1.54, 1.807) is 0 Å². The number of ether oxygens (including phenoxy) is 3. The van der Waals surface area contributed by atoms with Gasteiger partial charge < -0.3 is 18.4 Å². The minimum atomic E-state index is -1.49. The van der Waals surface area contributed by atoms with Gasteiger partial charge in [-0.2, -0.15) is 0 Å². The first-order valence-electron chi connectivity index (χ1n) is 17.9. The van der Waals surface area contributed by atoms with Crippen molar-refractivity contribution in [3.63, 3.8) is 0 Å². The van der Waals surface area contributed by atoms with E-state index in [9.17, 15) is 4.79 Å². The highest BCUT2D eigenvalue weighted by atomic mass is 32.3. The summed E-state index contributed by atoms with van der Waals surface area (Å²) in [7, 11) is -1.49. The maximum atomic E-state index is 12.7. The molecule has 2 aliphatic carbocycles. The van der Waals surface area contributed by atoms with Crippen molar-refractivity contribution < 1.29 is 23.2 Å². The van der Waals surface area contributed by atoms with Crippen LogP contribution in [0.4, 0.5) is 0 Å². The zero-order chi connectivity index (χ0) is 34.2. The summed E-state index contributed by atoms with van der Waals surface area (Å²) >= 11 is 0. The number of aromatic nitrogens is 1. The van der Waals surface area contributed by atoms with Crippen LogP contribution >= 0.6 is 10.3 Å². The van der Waals surface area contributed by atoms with Gasteiger partial charge in [0.05, 0.1) is 23.1 Å². The minimum absolute atomic E-state index is 0.0123. The van der Waals surface area contributed by atoms with Crippen LogP contribution in [0.5, 0.6) is 0 Å². The van der Waals surface area contributed by atoms with E-state index in [4.69, 9.17) is 23.4 Å². The molecule has 6 nitrogen and oxygen atoms in total. The number of carbonyl (C=O) groups is 1. The van der Waals surface area contributed by atoms with Crippen LogP contribution in [0.25, 0.3) is 0 Å². The first kappa shape index (κ1) is 34.9. The molecule has 2 aliphatic heterocycles. The molecule has 0 bridgehead atoms. The van der Waals surface area contributed by atoms with E-state index < -0.39 is 22.0 Å². The normalized spacial score (nSPS) is 26.2. The van der Waals surface area contributed by atoms with Crippen molar-refractivity contribution in [2.45, 2.75) is 147 Å². The van der Waals surface area contributed by atoms with E-state index in [1.165, 1.54) is 29.2 Å². The molecule has 1 aromatic carbocycles. The summed E-state index contributed by atoms with van der Waals surface area (Å²) in [4.78, 5) is 18.4. The Kier molecular flexibility index (Phi) is 9.02. The van der Waals surface area contributed by atoms with Crippen molar-refractivity contribution in [3.8, 4) is 0 Å². The number of nitrogens with zero attached hydrogens (tertiary/aromatic N) is 1. The highest BCUT2D eigenvalue weighted by molar-refractivity contribution is 8.29. The molecule has 0 radical (unpaired) electrons. The highest BCUT2D eigenvalue weighted by Crippen LogP contribution is 2.65. The van der Waals surface area contributed by atoms with Crippen LogP contribution < -0.4 is 0 Å². The van der Waals surface area contributed by atoms with Crippen LogP contribution in [-0.4, -0.2) is 41.4 Å². The number of esters is 1. The van der Waals surface area contributed by atoms with Crippen molar-refractivity contribution in [2.75, 3.05) is 25.7 Å². The molecule has 47 heavy (non-hydrogen) atoms. The monoisotopic (exact) mass is 665 g/mol. The number of hydrogen-bond donors (Lipinski definition) is 0. The van der Waals surface area contributed by atoms with E-state index in [-0.39, 0.29) is 39.7 Å². The van der Waals surface area contributed by atoms with E-state index >= 15 is 0 Å². The molecule has 1 saturated carbocycles. The van der Waals surface area contributed by atoms with E-state index in [0.29, 0.717) is 0 Å². The number of carbonyl (C=O) groups excluding carboxylic acids is 1. The molecule has 3 atom stereocenters. The number of fused-ring (bicyclic) bond motifs is 4. The topological polar surface area (TPSA) is 66.9 Å². The third-order valence-corrected chi connectivity index (χ3v) is 15.3. The van der Waals surface area contributed by atoms with E-state index in [1.807, 2.05) is 0 Å². The number of benzene rings is 1. The number of rotatable bonds is 5. The summed E-state index contributed by atoms with van der Waals surface area (Å²) < 4.78 is 27.0. The zero-order valence-electron chi connectivity index (χ0n) is 30.9. The summed E-state index contributed by atoms with van der Waals surface area (Å²) in [6, 6.07) is 9.11. The largest absolute Gasteiger partial charge is 0.455 e. The molecule has 4 aliphatic rings. The van der Waals surface area contributed by atoms with Gasteiger partial charge in [-0.3, -0.25) is 9.78 Å². The summed E-state index contributed by atoms with van der Waals surface area (Å²) in [6.07, 6.45) is 10.5. The van der Waals surface area contributed by atoms with Gasteiger partial charge in [-0.25, -0.2) is 0 Å². The standard InChI is InChI=1S/C40H59NO5S/c1-25(42)44-36-34-30(29(24-39(36,8)9)46-47(10,11)38(5,6)7)32-31(33(41-34)26-18-22-43-23-19-26)35(45-40(32)20-12-13-21-40)27-14-16-28(17-15-27)37(2,3)4/h14-17,26,29,35-36H,12-13,18-24H2,1-11H3. The Morgan fingerprint density at radius 1 is 0.936 bits per heavy atom. The smallest absolute Gasteiger partial charge is 0.303 e. The Bertz CT molecular complexity index is 1490. The Morgan fingerprint density at radius 3 is 2.11 bits per heavy atom. The summed E-state index contributed by atoms with van der Waals surface area (Å²) in [5, 5.41) is 0. The average Bonchev–Trinajstić information content (AvgIpc) is 3.58. The second kappa shape index (κ2) is 12.1. The molecule has 0 amide bonds. The van der Waals surface area contributed by atoms with Crippen molar-refractivity contribution in [1.82, 2.24) is 4.98 Å². The van der Waals surface area contributed by atoms with Crippen molar-refractivity contribution in [3.05, 3.63) is 63.5 Å². The van der Waals surface area contributed by atoms with E-state index in [0.717, 1.165) is 75.1 Å². The molecular formula is C40H59NO5S. The Labute approximate surface area is 285 Å². The average molecular weight is 666 g/mol. The molecule has 2 fully saturated rings. The SMILES string of the molecule is CC(=O)OC1c2nc(C3CCOCC3)c3c(c2C(OS(C)(C)C(C)(C)C)CC1(C)C)C1(CCCC1)OC3c1ccc(C(C)(C)C)cc1. The van der Waals surface area contributed by atoms with Crippen LogP contribution in [-0.2, 0) is 34.2 Å². The summed E-state index contributed by atoms with van der Waals surface area (Å²) in [5.41, 5.74) is 7.49. The predicted molar refractivity (Wildman–Crippen MR) is 191 cm³/mol. The van der Waals surface area contributed by atoms with Gasteiger partial charge in [0.1, 0.15) is 12.2 Å². The lowest BCUT2D eigenvalue weighted by atomic mass is 9.68. The van der Waals surface area contributed by atoms with Crippen LogP contribution in [0.2, 0.25) is 0 Å². The van der Waals surface area contributed by atoms with Gasteiger partial charge in [-0.05, 0) is 66.7 Å². The third kappa shape index (κ3) is 6.32. The molecular weight excluding hydrogens is 607 g/mol. The first-order chi connectivity index (χ1) is 21.8. The maximum Gasteiger partial charge on any atom is 0.303 e. The van der Waals surface area contributed by atoms with Crippen molar-refractivity contribution in [1.29, 1.82) is 0 Å². The Hall–Kier alpha value is -1.93. The molecule has 6 rings (SSSR count). The van der Waals surface area contributed by atoms with Crippen LogP contribution in [0.15, 0.2) is 24.3 Å². The molecule has 0 N–H and O–H groups in total. The predicted octanol–water partition coefficient (Wildman–Crippen LogP) is 10.0. The Morgan fingerprint density at radius 2 is 1.55 bits per heavy atom. The van der Waals surface area contributed by atoms with E-state index in [2.05, 4.69) is 92.2 Å². The van der Waals surface area contributed by atoms with Gasteiger partial charge in [-0.15, -0.1) is 10.3 Å². The lowest BCUT2D eigenvalue weighted by Crippen LogP contribution is -2.39. The molecule has 7 heteroatoms. The van der Waals surface area contributed by atoms with Crippen LogP contribution in [0.3, 0.4) is 0 Å². The highest BCUT2D eigenvalue weighted by Gasteiger charge is 2.56. The Balaban J connectivity index is 1.65. The second-order valence-electron chi connectivity index (χ2n) is 17.7. The fraction of sp³-hybridized carbons (Fsp3) is 0.700. The van der Waals surface area contributed by atoms with Gasteiger partial charge >= 0.3 is 5.97 Å². The third-order valence-electron chi connectivity index (χ3n) is 11.6. The summed E-state index contributed by atoms with van der Waals surface area (Å²) in [5.74, 6) is -0.0223. The van der Waals surface area contributed by atoms with Crippen molar-refractivity contribution >= 4 is 16.3 Å². The molecule has 260 valence electrons. The molecule has 1 saturated heterocycles.